The molecule has 0 spiro atoms. The molecule has 3 heteroatoms. The average molecular weight is 210 g/mol. The monoisotopic (exact) mass is 210 g/mol. The van der Waals surface area contributed by atoms with E-state index in [2.05, 4.69) is 13.2 Å². The number of hydrogen-bond acceptors (Lipinski definition) is 3. The second-order valence-electron chi connectivity index (χ2n) is 3.81. The van der Waals surface area contributed by atoms with E-state index in [0.29, 0.717) is 12.2 Å². The van der Waals surface area contributed by atoms with Gasteiger partial charge in [0.2, 0.25) is 0 Å². The Morgan fingerprint density at radius 3 is 2.87 bits per heavy atom. The van der Waals surface area contributed by atoms with Crippen molar-refractivity contribution < 1.29 is 14.3 Å². The van der Waals surface area contributed by atoms with Gasteiger partial charge in [-0.05, 0) is 26.2 Å². The molecule has 3 nitrogen and oxygen atoms in total. The molecule has 1 saturated heterocycles. The van der Waals surface area contributed by atoms with Crippen LogP contribution in [0, 0.1) is 0 Å². The number of hydrogen-bond donors (Lipinski definition) is 0. The normalized spacial score (nSPS) is 23.3. The lowest BCUT2D eigenvalue weighted by Gasteiger charge is -2.00. The van der Waals surface area contributed by atoms with Gasteiger partial charge in [-0.1, -0.05) is 12.7 Å². The fraction of sp³-hybridized carbons (Fsp3) is 0.583. The van der Waals surface area contributed by atoms with Gasteiger partial charge in [-0.15, -0.1) is 6.58 Å². The third kappa shape index (κ3) is 4.30. The van der Waals surface area contributed by atoms with Crippen LogP contribution >= 0.6 is 0 Å². The maximum absolute atomic E-state index is 11.1. The molecule has 2 unspecified atom stereocenters. The highest BCUT2D eigenvalue weighted by Gasteiger charge is 2.38. The van der Waals surface area contributed by atoms with Gasteiger partial charge in [-0.25, -0.2) is 4.79 Å². The predicted octanol–water partition coefficient (Wildman–Crippen LogP) is 2.23. The molecule has 0 aromatic rings. The van der Waals surface area contributed by atoms with E-state index in [-0.39, 0.29) is 18.2 Å². The molecule has 0 aromatic carbocycles. The Balaban J connectivity index is 2.04. The van der Waals surface area contributed by atoms with Crippen molar-refractivity contribution in [1.29, 1.82) is 0 Å². The second kappa shape index (κ2) is 5.71. The number of carbonyl (C=O) groups is 1. The van der Waals surface area contributed by atoms with Crippen LogP contribution < -0.4 is 0 Å². The van der Waals surface area contributed by atoms with E-state index in [1.54, 1.807) is 6.92 Å². The zero-order chi connectivity index (χ0) is 11.3. The molecular formula is C12H18O3. The van der Waals surface area contributed by atoms with Crippen LogP contribution in [0.15, 0.2) is 24.8 Å². The van der Waals surface area contributed by atoms with Gasteiger partial charge in [0.05, 0.1) is 6.10 Å². The fourth-order valence-corrected chi connectivity index (χ4v) is 1.32. The first-order chi connectivity index (χ1) is 7.15. The molecule has 0 N–H and O–H groups in total. The van der Waals surface area contributed by atoms with Gasteiger partial charge < -0.3 is 9.47 Å². The zero-order valence-electron chi connectivity index (χ0n) is 9.20. The summed E-state index contributed by atoms with van der Waals surface area (Å²) in [7, 11) is 0. The fourth-order valence-electron chi connectivity index (χ4n) is 1.32. The number of ether oxygens (including phenoxy) is 2. The quantitative estimate of drug-likeness (QED) is 0.213. The minimum atomic E-state index is -0.338. The van der Waals surface area contributed by atoms with Crippen molar-refractivity contribution in [3.63, 3.8) is 0 Å². The van der Waals surface area contributed by atoms with Crippen molar-refractivity contribution in [2.45, 2.75) is 38.4 Å². The Kier molecular flexibility index (Phi) is 4.56. The summed E-state index contributed by atoms with van der Waals surface area (Å²) in [6.07, 6.45) is 5.37. The summed E-state index contributed by atoms with van der Waals surface area (Å²) < 4.78 is 10.3. The molecule has 0 radical (unpaired) electrons. The lowest BCUT2D eigenvalue weighted by Crippen LogP contribution is -2.11. The minimum Gasteiger partial charge on any atom is -0.459 e. The topological polar surface area (TPSA) is 38.8 Å². The molecule has 2 atom stereocenters. The highest BCUT2D eigenvalue weighted by atomic mass is 16.6. The maximum Gasteiger partial charge on any atom is 0.333 e. The largest absolute Gasteiger partial charge is 0.459 e. The molecular weight excluding hydrogens is 192 g/mol. The number of esters is 1. The van der Waals surface area contributed by atoms with E-state index < -0.39 is 0 Å². The van der Waals surface area contributed by atoms with Crippen molar-refractivity contribution in [3.8, 4) is 0 Å². The van der Waals surface area contributed by atoms with Crippen molar-refractivity contribution in [2.24, 2.45) is 0 Å². The summed E-state index contributed by atoms with van der Waals surface area (Å²) >= 11 is 0. The molecule has 0 bridgehead atoms. The molecule has 1 rings (SSSR count). The highest BCUT2D eigenvalue weighted by molar-refractivity contribution is 5.86. The van der Waals surface area contributed by atoms with E-state index in [1.165, 1.54) is 0 Å². The first kappa shape index (κ1) is 12.0. The van der Waals surface area contributed by atoms with E-state index in [1.807, 2.05) is 6.08 Å². The second-order valence-corrected chi connectivity index (χ2v) is 3.81. The molecule has 1 heterocycles. The molecule has 1 aliphatic rings. The lowest BCUT2D eigenvalue weighted by atomic mass is 10.1. The van der Waals surface area contributed by atoms with Crippen molar-refractivity contribution >= 4 is 5.97 Å². The predicted molar refractivity (Wildman–Crippen MR) is 58.5 cm³/mol. The van der Waals surface area contributed by atoms with Gasteiger partial charge in [0.15, 0.2) is 0 Å². The van der Waals surface area contributed by atoms with E-state index >= 15 is 0 Å². The average Bonchev–Trinajstić information content (AvgIpc) is 2.93. The van der Waals surface area contributed by atoms with Crippen LogP contribution in [0.5, 0.6) is 0 Å². The SMILES string of the molecule is C=CCCCC1OC1COC(=O)C(=C)C. The maximum atomic E-state index is 11.1. The number of epoxide rings is 1. The third-order valence-electron chi connectivity index (χ3n) is 2.31. The van der Waals surface area contributed by atoms with E-state index in [0.717, 1.165) is 19.3 Å². The van der Waals surface area contributed by atoms with Crippen LogP contribution in [0.25, 0.3) is 0 Å². The van der Waals surface area contributed by atoms with Crippen LogP contribution in [0.1, 0.15) is 26.2 Å². The number of carbonyl (C=O) groups excluding carboxylic acids is 1. The van der Waals surface area contributed by atoms with Crippen LogP contribution in [0.2, 0.25) is 0 Å². The molecule has 84 valence electrons. The summed E-state index contributed by atoms with van der Waals surface area (Å²) in [4.78, 5) is 11.1. The van der Waals surface area contributed by atoms with Gasteiger partial charge in [-0.3, -0.25) is 0 Å². The standard InChI is InChI=1S/C12H18O3/c1-4-5-6-7-10-11(15-10)8-14-12(13)9(2)3/h4,10-11H,1-2,5-8H2,3H3. The van der Waals surface area contributed by atoms with Gasteiger partial charge in [0.25, 0.3) is 0 Å². The Hall–Kier alpha value is -1.09. The van der Waals surface area contributed by atoms with E-state index in [9.17, 15) is 4.79 Å². The molecule has 0 aliphatic carbocycles. The number of rotatable bonds is 7. The minimum absolute atomic E-state index is 0.0955. The first-order valence-electron chi connectivity index (χ1n) is 5.24. The van der Waals surface area contributed by atoms with Crippen LogP contribution in [-0.2, 0) is 14.3 Å². The molecule has 1 fully saturated rings. The van der Waals surface area contributed by atoms with Gasteiger partial charge in [-0.2, -0.15) is 0 Å². The first-order valence-corrected chi connectivity index (χ1v) is 5.24. The van der Waals surface area contributed by atoms with Gasteiger partial charge in [0.1, 0.15) is 12.7 Å². The highest BCUT2D eigenvalue weighted by Crippen LogP contribution is 2.27. The number of allylic oxidation sites excluding steroid dienone is 1. The Morgan fingerprint density at radius 1 is 1.53 bits per heavy atom. The summed E-state index contributed by atoms with van der Waals surface area (Å²) in [5.41, 5.74) is 0.429. The molecule has 0 amide bonds. The smallest absolute Gasteiger partial charge is 0.333 e. The van der Waals surface area contributed by atoms with Crippen molar-refractivity contribution in [2.75, 3.05) is 6.61 Å². The van der Waals surface area contributed by atoms with Gasteiger partial charge in [0, 0.05) is 5.57 Å². The Bertz CT molecular complexity index is 258. The zero-order valence-corrected chi connectivity index (χ0v) is 9.20. The Morgan fingerprint density at radius 2 is 2.27 bits per heavy atom. The molecule has 15 heavy (non-hydrogen) atoms. The summed E-state index contributed by atoms with van der Waals surface area (Å²) in [5.74, 6) is -0.338. The Labute approximate surface area is 90.8 Å². The number of unbranched alkanes of at least 4 members (excludes halogenated alkanes) is 1. The lowest BCUT2D eigenvalue weighted by molar-refractivity contribution is -0.139. The third-order valence-corrected chi connectivity index (χ3v) is 2.31. The van der Waals surface area contributed by atoms with Crippen LogP contribution in [0.4, 0.5) is 0 Å². The summed E-state index contributed by atoms with van der Waals surface area (Å²) in [6.45, 7) is 9.15. The van der Waals surface area contributed by atoms with E-state index in [4.69, 9.17) is 9.47 Å². The van der Waals surface area contributed by atoms with Crippen molar-refractivity contribution in [1.82, 2.24) is 0 Å². The van der Waals surface area contributed by atoms with Crippen LogP contribution in [0.3, 0.4) is 0 Å². The molecule has 0 saturated carbocycles. The van der Waals surface area contributed by atoms with Crippen LogP contribution in [-0.4, -0.2) is 24.8 Å². The molecule has 0 aromatic heterocycles. The summed E-state index contributed by atoms with van der Waals surface area (Å²) in [6, 6.07) is 0. The van der Waals surface area contributed by atoms with Gasteiger partial charge >= 0.3 is 5.97 Å². The van der Waals surface area contributed by atoms with Crippen molar-refractivity contribution in [3.05, 3.63) is 24.8 Å². The summed E-state index contributed by atoms with van der Waals surface area (Å²) in [5, 5.41) is 0. The molecule has 1 aliphatic heterocycles.